The Bertz CT molecular complexity index is 1120. The number of para-hydroxylation sites is 1. The number of benzene rings is 3. The summed E-state index contributed by atoms with van der Waals surface area (Å²) in [5.41, 5.74) is 0.551. The van der Waals surface area contributed by atoms with Crippen LogP contribution in [0.25, 0.3) is 0 Å². The average molecular weight is 433 g/mol. The quantitative estimate of drug-likeness (QED) is 0.414. The molecule has 0 radical (unpaired) electrons. The van der Waals surface area contributed by atoms with Crippen molar-refractivity contribution in [3.63, 3.8) is 0 Å². The number of ether oxygens (including phenoxy) is 1. The van der Waals surface area contributed by atoms with Gasteiger partial charge in [0.25, 0.3) is 0 Å². The molecule has 29 heavy (non-hydrogen) atoms. The first-order valence-electron chi connectivity index (χ1n) is 8.56. The van der Waals surface area contributed by atoms with Gasteiger partial charge in [-0.2, -0.15) is 0 Å². The van der Waals surface area contributed by atoms with Gasteiger partial charge in [-0.25, -0.2) is 13.1 Å². The molecule has 0 unspecified atom stereocenters. The van der Waals surface area contributed by atoms with Crippen molar-refractivity contribution >= 4 is 27.3 Å². The lowest BCUT2D eigenvalue weighted by Crippen LogP contribution is -2.26. The highest BCUT2D eigenvalue weighted by atomic mass is 35.5. The van der Waals surface area contributed by atoms with E-state index < -0.39 is 21.0 Å². The molecule has 3 aromatic carbocycles. The lowest BCUT2D eigenvalue weighted by molar-refractivity contribution is -0.385. The largest absolute Gasteiger partial charge is 0.449 e. The third kappa shape index (κ3) is 4.92. The molecule has 0 aromatic heterocycles. The van der Waals surface area contributed by atoms with Crippen molar-refractivity contribution in [1.82, 2.24) is 4.72 Å². The standard InChI is InChI=1S/C20H17ClN2O5S/c1-14(15-6-3-2-4-7-15)22-29(26,27)17-12-10-16(11-13-17)28-20-18(21)8-5-9-19(20)23(24)25/h2-14,22H,1H3/t14-/m1/s1. The van der Waals surface area contributed by atoms with Crippen molar-refractivity contribution in [2.24, 2.45) is 0 Å². The van der Waals surface area contributed by atoms with Crippen LogP contribution < -0.4 is 9.46 Å². The lowest BCUT2D eigenvalue weighted by atomic mass is 10.1. The first-order valence-corrected chi connectivity index (χ1v) is 10.4. The van der Waals surface area contributed by atoms with Gasteiger partial charge < -0.3 is 4.74 Å². The van der Waals surface area contributed by atoms with Gasteiger partial charge in [-0.15, -0.1) is 0 Å². The first-order chi connectivity index (χ1) is 13.8. The fourth-order valence-electron chi connectivity index (χ4n) is 2.66. The lowest BCUT2D eigenvalue weighted by Gasteiger charge is -2.15. The van der Waals surface area contributed by atoms with Crippen LogP contribution in [-0.4, -0.2) is 13.3 Å². The predicted octanol–water partition coefficient (Wildman–Crippen LogP) is 5.08. The smallest absolute Gasteiger partial charge is 0.313 e. The van der Waals surface area contributed by atoms with Gasteiger partial charge in [0.05, 0.1) is 14.8 Å². The van der Waals surface area contributed by atoms with E-state index in [0.29, 0.717) is 0 Å². The Balaban J connectivity index is 1.79. The topological polar surface area (TPSA) is 98.5 Å². The summed E-state index contributed by atoms with van der Waals surface area (Å²) < 4.78 is 33.4. The van der Waals surface area contributed by atoms with Crippen LogP contribution in [0, 0.1) is 10.1 Å². The van der Waals surface area contributed by atoms with Gasteiger partial charge in [0, 0.05) is 12.1 Å². The first kappa shape index (κ1) is 20.8. The van der Waals surface area contributed by atoms with Crippen LogP contribution in [0.1, 0.15) is 18.5 Å². The molecule has 0 aliphatic heterocycles. The van der Waals surface area contributed by atoms with Gasteiger partial charge in [0.15, 0.2) is 0 Å². The number of hydrogen-bond donors (Lipinski definition) is 1. The number of hydrogen-bond acceptors (Lipinski definition) is 5. The molecular weight excluding hydrogens is 416 g/mol. The summed E-state index contributed by atoms with van der Waals surface area (Å²) in [6.07, 6.45) is 0. The van der Waals surface area contributed by atoms with E-state index in [2.05, 4.69) is 4.72 Å². The Labute approximate surface area is 173 Å². The number of nitrogens with zero attached hydrogens (tertiary/aromatic N) is 1. The SMILES string of the molecule is C[C@@H](NS(=O)(=O)c1ccc(Oc2c(Cl)cccc2[N+](=O)[O-])cc1)c1ccccc1. The molecule has 0 saturated heterocycles. The van der Waals surface area contributed by atoms with E-state index in [0.717, 1.165) is 5.56 Å². The number of sulfonamides is 1. The minimum absolute atomic E-state index is 0.0429. The van der Waals surface area contributed by atoms with Crippen LogP contribution in [-0.2, 0) is 10.0 Å². The Morgan fingerprint density at radius 1 is 1.00 bits per heavy atom. The zero-order chi connectivity index (χ0) is 21.0. The highest BCUT2D eigenvalue weighted by molar-refractivity contribution is 7.89. The summed E-state index contributed by atoms with van der Waals surface area (Å²) in [5, 5.41) is 11.2. The minimum Gasteiger partial charge on any atom is -0.449 e. The van der Waals surface area contributed by atoms with Gasteiger partial charge in [0.2, 0.25) is 15.8 Å². The van der Waals surface area contributed by atoms with Gasteiger partial charge >= 0.3 is 5.69 Å². The van der Waals surface area contributed by atoms with E-state index >= 15 is 0 Å². The van der Waals surface area contributed by atoms with Crippen LogP contribution in [0.3, 0.4) is 0 Å². The van der Waals surface area contributed by atoms with Crippen molar-refractivity contribution < 1.29 is 18.1 Å². The summed E-state index contributed by atoms with van der Waals surface area (Å²) >= 11 is 6.01. The van der Waals surface area contributed by atoms with E-state index in [-0.39, 0.29) is 27.1 Å². The molecule has 0 aliphatic carbocycles. The fraction of sp³-hybridized carbons (Fsp3) is 0.100. The Morgan fingerprint density at radius 2 is 1.66 bits per heavy atom. The molecule has 0 fully saturated rings. The number of nitrogens with one attached hydrogen (secondary N) is 1. The van der Waals surface area contributed by atoms with E-state index in [1.165, 1.54) is 42.5 Å². The van der Waals surface area contributed by atoms with E-state index in [1.807, 2.05) is 30.3 Å². The number of halogens is 1. The third-order valence-corrected chi connectivity index (χ3v) is 5.98. The van der Waals surface area contributed by atoms with Crippen LogP contribution in [0.4, 0.5) is 5.69 Å². The molecule has 150 valence electrons. The molecule has 0 bridgehead atoms. The zero-order valence-electron chi connectivity index (χ0n) is 15.3. The molecule has 1 atom stereocenters. The fourth-order valence-corrected chi connectivity index (χ4v) is 4.10. The van der Waals surface area contributed by atoms with Crippen molar-refractivity contribution in [3.8, 4) is 11.5 Å². The molecular formula is C20H17ClN2O5S. The maximum absolute atomic E-state index is 12.6. The molecule has 7 nitrogen and oxygen atoms in total. The normalized spacial score (nSPS) is 12.3. The van der Waals surface area contributed by atoms with Gasteiger partial charge in [-0.05, 0) is 42.8 Å². The molecule has 0 amide bonds. The summed E-state index contributed by atoms with van der Waals surface area (Å²) in [6.45, 7) is 1.75. The van der Waals surface area contributed by atoms with Crippen molar-refractivity contribution in [2.45, 2.75) is 17.9 Å². The monoisotopic (exact) mass is 432 g/mol. The molecule has 0 saturated carbocycles. The molecule has 9 heteroatoms. The molecule has 0 heterocycles. The second-order valence-corrected chi connectivity index (χ2v) is 8.29. The number of rotatable bonds is 7. The Kier molecular flexibility index (Phi) is 6.17. The van der Waals surface area contributed by atoms with Gasteiger partial charge in [-0.3, -0.25) is 10.1 Å². The maximum atomic E-state index is 12.6. The van der Waals surface area contributed by atoms with Crippen LogP contribution >= 0.6 is 11.6 Å². The summed E-state index contributed by atoms with van der Waals surface area (Å²) in [6, 6.07) is 18.5. The zero-order valence-corrected chi connectivity index (χ0v) is 16.9. The van der Waals surface area contributed by atoms with Crippen LogP contribution in [0.5, 0.6) is 11.5 Å². The summed E-state index contributed by atoms with van der Waals surface area (Å²) in [4.78, 5) is 10.6. The van der Waals surface area contributed by atoms with Gasteiger partial charge in [-0.1, -0.05) is 48.0 Å². The minimum atomic E-state index is -3.77. The number of nitro benzene ring substituents is 1. The van der Waals surface area contributed by atoms with Crippen molar-refractivity contribution in [1.29, 1.82) is 0 Å². The Hall–Kier alpha value is -2.94. The molecule has 0 aliphatic rings. The third-order valence-electron chi connectivity index (χ3n) is 4.13. The highest BCUT2D eigenvalue weighted by Gasteiger charge is 2.21. The average Bonchev–Trinajstić information content (AvgIpc) is 2.70. The van der Waals surface area contributed by atoms with E-state index in [1.54, 1.807) is 6.92 Å². The molecule has 3 rings (SSSR count). The second kappa shape index (κ2) is 8.60. The van der Waals surface area contributed by atoms with Crippen molar-refractivity contribution in [3.05, 3.63) is 93.5 Å². The molecule has 3 aromatic rings. The summed E-state index contributed by atoms with van der Waals surface area (Å²) in [5.74, 6) is 0.113. The molecule has 0 spiro atoms. The van der Waals surface area contributed by atoms with E-state index in [4.69, 9.17) is 16.3 Å². The highest BCUT2D eigenvalue weighted by Crippen LogP contribution is 2.37. The Morgan fingerprint density at radius 3 is 2.28 bits per heavy atom. The van der Waals surface area contributed by atoms with E-state index in [9.17, 15) is 18.5 Å². The summed E-state index contributed by atoms with van der Waals surface area (Å²) in [7, 11) is -3.77. The van der Waals surface area contributed by atoms with Crippen molar-refractivity contribution in [2.75, 3.05) is 0 Å². The maximum Gasteiger partial charge on any atom is 0.313 e. The molecule has 1 N–H and O–H groups in total. The van der Waals surface area contributed by atoms with Crippen LogP contribution in [0.15, 0.2) is 77.7 Å². The predicted molar refractivity (Wildman–Crippen MR) is 110 cm³/mol. The second-order valence-electron chi connectivity index (χ2n) is 6.17. The van der Waals surface area contributed by atoms with Gasteiger partial charge in [0.1, 0.15) is 5.75 Å². The van der Waals surface area contributed by atoms with Crippen LogP contribution in [0.2, 0.25) is 5.02 Å². The number of nitro groups is 1.